The highest BCUT2D eigenvalue weighted by Crippen LogP contribution is 2.26. The zero-order valence-corrected chi connectivity index (χ0v) is 14.1. The molecule has 3 rings (SSSR count). The van der Waals surface area contributed by atoms with E-state index in [1.807, 2.05) is 0 Å². The third-order valence-corrected chi connectivity index (χ3v) is 4.93. The number of hydrogen-bond donors (Lipinski definition) is 0. The van der Waals surface area contributed by atoms with Crippen molar-refractivity contribution in [3.8, 4) is 10.6 Å². The first-order valence-electron chi connectivity index (χ1n) is 7.16. The van der Waals surface area contributed by atoms with Crippen LogP contribution in [-0.4, -0.2) is 4.57 Å². The first kappa shape index (κ1) is 15.2. The quantitative estimate of drug-likeness (QED) is 0.616. The van der Waals surface area contributed by atoms with Crippen LogP contribution < -0.4 is 4.80 Å². The summed E-state index contributed by atoms with van der Waals surface area (Å²) >= 11 is 3.36. The minimum Gasteiger partial charge on any atom is -0.315 e. The Labute approximate surface area is 137 Å². The van der Waals surface area contributed by atoms with E-state index in [-0.39, 0.29) is 5.82 Å². The van der Waals surface area contributed by atoms with Crippen LogP contribution in [0, 0.1) is 11.7 Å². The van der Waals surface area contributed by atoms with Gasteiger partial charge in [0.2, 0.25) is 0 Å². The van der Waals surface area contributed by atoms with Gasteiger partial charge in [-0.15, -0.1) is 22.7 Å². The molecule has 0 radical (unpaired) electrons. The minimum atomic E-state index is -0.237. The normalized spacial score (nSPS) is 12.3. The molecule has 2 heterocycles. The zero-order valence-electron chi connectivity index (χ0n) is 12.5. The van der Waals surface area contributed by atoms with Gasteiger partial charge in [0.15, 0.2) is 4.80 Å². The summed E-state index contributed by atoms with van der Waals surface area (Å²) in [6.45, 7) is 5.31. The highest BCUT2D eigenvalue weighted by molar-refractivity contribution is 7.14. The fourth-order valence-electron chi connectivity index (χ4n) is 2.21. The van der Waals surface area contributed by atoms with Gasteiger partial charge in [0.1, 0.15) is 5.82 Å². The number of thiophene rings is 1. The maximum Gasteiger partial charge on any atom is 0.190 e. The van der Waals surface area contributed by atoms with Crippen LogP contribution in [0.2, 0.25) is 0 Å². The van der Waals surface area contributed by atoms with Crippen LogP contribution in [0.15, 0.2) is 52.2 Å². The number of aromatic nitrogens is 1. The van der Waals surface area contributed by atoms with E-state index < -0.39 is 0 Å². The smallest absolute Gasteiger partial charge is 0.190 e. The predicted octanol–water partition coefficient (Wildman–Crippen LogP) is 5.31. The molecule has 0 amide bonds. The first-order chi connectivity index (χ1) is 10.6. The molecular weight excluding hydrogens is 315 g/mol. The van der Waals surface area contributed by atoms with Gasteiger partial charge in [-0.25, -0.2) is 9.38 Å². The average molecular weight is 332 g/mol. The Bertz CT molecular complexity index is 796. The van der Waals surface area contributed by atoms with Crippen molar-refractivity contribution in [2.75, 3.05) is 0 Å². The second kappa shape index (κ2) is 6.58. The summed E-state index contributed by atoms with van der Waals surface area (Å²) in [6.07, 6.45) is 0. The Kier molecular flexibility index (Phi) is 4.55. The van der Waals surface area contributed by atoms with E-state index in [2.05, 4.69) is 46.3 Å². The average Bonchev–Trinajstić information content (AvgIpc) is 3.11. The molecule has 0 spiro atoms. The third kappa shape index (κ3) is 3.36. The van der Waals surface area contributed by atoms with Crippen molar-refractivity contribution in [1.82, 2.24) is 4.57 Å². The van der Waals surface area contributed by atoms with E-state index >= 15 is 0 Å². The van der Waals surface area contributed by atoms with Gasteiger partial charge in [0.25, 0.3) is 0 Å². The molecule has 0 aliphatic heterocycles. The van der Waals surface area contributed by atoms with Crippen molar-refractivity contribution in [3.63, 3.8) is 0 Å². The largest absolute Gasteiger partial charge is 0.315 e. The van der Waals surface area contributed by atoms with Gasteiger partial charge in [-0.05, 0) is 41.6 Å². The number of nitrogens with zero attached hydrogens (tertiary/aromatic N) is 2. The third-order valence-electron chi connectivity index (χ3n) is 3.17. The molecule has 0 unspecified atom stereocenters. The van der Waals surface area contributed by atoms with Crippen LogP contribution in [0.4, 0.5) is 10.1 Å². The summed E-state index contributed by atoms with van der Waals surface area (Å²) in [5.41, 5.74) is 1.98. The summed E-state index contributed by atoms with van der Waals surface area (Å²) in [6, 6.07) is 10.5. The molecule has 0 aliphatic rings. The van der Waals surface area contributed by atoms with E-state index in [0.717, 1.165) is 17.0 Å². The number of hydrogen-bond acceptors (Lipinski definition) is 3. The van der Waals surface area contributed by atoms with Crippen molar-refractivity contribution >= 4 is 28.4 Å². The van der Waals surface area contributed by atoms with Gasteiger partial charge < -0.3 is 4.57 Å². The highest BCUT2D eigenvalue weighted by atomic mass is 32.1. The Morgan fingerprint density at radius 1 is 1.14 bits per heavy atom. The molecule has 0 fully saturated rings. The summed E-state index contributed by atoms with van der Waals surface area (Å²) in [5.74, 6) is 0.292. The molecule has 3 aromatic rings. The number of rotatable bonds is 4. The van der Waals surface area contributed by atoms with Gasteiger partial charge in [0.05, 0.1) is 16.3 Å². The number of benzene rings is 1. The Morgan fingerprint density at radius 2 is 1.91 bits per heavy atom. The van der Waals surface area contributed by atoms with Crippen LogP contribution in [-0.2, 0) is 6.54 Å². The van der Waals surface area contributed by atoms with Gasteiger partial charge in [0, 0.05) is 11.9 Å². The van der Waals surface area contributed by atoms with Crippen LogP contribution in [0.3, 0.4) is 0 Å². The van der Waals surface area contributed by atoms with E-state index in [1.165, 1.54) is 22.7 Å². The summed E-state index contributed by atoms with van der Waals surface area (Å²) < 4.78 is 15.3. The van der Waals surface area contributed by atoms with Crippen LogP contribution in [0.25, 0.3) is 10.6 Å². The lowest BCUT2D eigenvalue weighted by molar-refractivity contribution is 0.518. The molecule has 2 aromatic heterocycles. The van der Waals surface area contributed by atoms with Crippen molar-refractivity contribution in [1.29, 1.82) is 0 Å². The summed E-state index contributed by atoms with van der Waals surface area (Å²) in [5, 5.41) is 4.24. The van der Waals surface area contributed by atoms with Gasteiger partial charge >= 0.3 is 0 Å². The van der Waals surface area contributed by atoms with Crippen LogP contribution in [0.1, 0.15) is 13.8 Å². The molecule has 114 valence electrons. The Hall–Kier alpha value is -1.72. The zero-order chi connectivity index (χ0) is 15.5. The van der Waals surface area contributed by atoms with Crippen molar-refractivity contribution in [2.24, 2.45) is 10.9 Å². The molecule has 0 atom stereocenters. The molecule has 1 aromatic carbocycles. The Balaban J connectivity index is 2.09. The molecule has 2 nitrogen and oxygen atoms in total. The van der Waals surface area contributed by atoms with E-state index in [4.69, 9.17) is 0 Å². The van der Waals surface area contributed by atoms with E-state index in [9.17, 15) is 4.39 Å². The SMILES string of the molecule is CC(C)Cn1c(-c2cccs2)csc1=Nc1ccc(F)cc1. The summed E-state index contributed by atoms with van der Waals surface area (Å²) in [4.78, 5) is 6.88. The molecule has 0 N–H and O–H groups in total. The Morgan fingerprint density at radius 3 is 2.55 bits per heavy atom. The van der Waals surface area contributed by atoms with Crippen molar-refractivity contribution in [3.05, 3.63) is 57.8 Å². The maximum atomic E-state index is 13.0. The lowest BCUT2D eigenvalue weighted by Crippen LogP contribution is -2.18. The fraction of sp³-hybridized carbons (Fsp3) is 0.235. The standard InChI is InChI=1S/C17H17FN2S2/c1-12(2)10-20-15(16-4-3-9-21-16)11-22-17(20)19-14-7-5-13(18)6-8-14/h3-9,11-12H,10H2,1-2H3. The van der Waals surface area contributed by atoms with Gasteiger partial charge in [-0.2, -0.15) is 0 Å². The lowest BCUT2D eigenvalue weighted by atomic mass is 10.2. The van der Waals surface area contributed by atoms with Crippen LogP contribution in [0.5, 0.6) is 0 Å². The molecule has 22 heavy (non-hydrogen) atoms. The number of halogens is 1. The monoisotopic (exact) mass is 332 g/mol. The predicted molar refractivity (Wildman–Crippen MR) is 92.1 cm³/mol. The topological polar surface area (TPSA) is 17.3 Å². The van der Waals surface area contributed by atoms with Gasteiger partial charge in [-0.3, -0.25) is 0 Å². The molecular formula is C17H17FN2S2. The van der Waals surface area contributed by atoms with Crippen molar-refractivity contribution < 1.29 is 4.39 Å². The van der Waals surface area contributed by atoms with Crippen molar-refractivity contribution in [2.45, 2.75) is 20.4 Å². The number of thiazole rings is 1. The molecule has 5 heteroatoms. The first-order valence-corrected chi connectivity index (χ1v) is 8.92. The molecule has 0 bridgehead atoms. The molecule has 0 saturated heterocycles. The van der Waals surface area contributed by atoms with Crippen LogP contribution >= 0.6 is 22.7 Å². The highest BCUT2D eigenvalue weighted by Gasteiger charge is 2.10. The lowest BCUT2D eigenvalue weighted by Gasteiger charge is -2.10. The second-order valence-corrected chi connectivity index (χ2v) is 7.26. The molecule has 0 aliphatic carbocycles. The maximum absolute atomic E-state index is 13.0. The van der Waals surface area contributed by atoms with Gasteiger partial charge in [-0.1, -0.05) is 19.9 Å². The van der Waals surface area contributed by atoms with E-state index in [0.29, 0.717) is 5.92 Å². The summed E-state index contributed by atoms with van der Waals surface area (Å²) in [7, 11) is 0. The molecule has 0 saturated carbocycles. The second-order valence-electron chi connectivity index (χ2n) is 5.47. The fourth-order valence-corrected chi connectivity index (χ4v) is 3.96. The van der Waals surface area contributed by atoms with E-state index in [1.54, 1.807) is 34.8 Å². The minimum absolute atomic E-state index is 0.237.